The van der Waals surface area contributed by atoms with Crippen LogP contribution in [-0.4, -0.2) is 41.5 Å². The Hall–Kier alpha value is -1.14. The third-order valence-corrected chi connectivity index (χ3v) is 4.97. The number of thiazole rings is 1. The zero-order chi connectivity index (χ0) is 14.8. The molecule has 1 N–H and O–H groups in total. The van der Waals surface area contributed by atoms with Gasteiger partial charge in [0.25, 0.3) is 5.91 Å². The zero-order valence-electron chi connectivity index (χ0n) is 13.1. The summed E-state index contributed by atoms with van der Waals surface area (Å²) in [5, 5.41) is 4.23. The molecule has 3 rings (SSSR count). The van der Waals surface area contributed by atoms with Gasteiger partial charge in [-0.2, -0.15) is 0 Å². The maximum absolute atomic E-state index is 12.7. The molecule has 7 heteroatoms. The summed E-state index contributed by atoms with van der Waals surface area (Å²) in [6, 6.07) is 10.3. The lowest BCUT2D eigenvalue weighted by atomic mass is 10.2. The molecule has 1 aromatic carbocycles. The number of piperazine rings is 1. The van der Waals surface area contributed by atoms with E-state index in [4.69, 9.17) is 0 Å². The van der Waals surface area contributed by atoms with Gasteiger partial charge in [-0.15, -0.1) is 36.2 Å². The number of rotatable bonds is 2. The first-order valence-electron chi connectivity index (χ1n) is 7.21. The van der Waals surface area contributed by atoms with Crippen molar-refractivity contribution in [3.63, 3.8) is 0 Å². The Morgan fingerprint density at radius 2 is 2.00 bits per heavy atom. The molecule has 1 aliphatic heterocycles. The fourth-order valence-corrected chi connectivity index (χ4v) is 3.60. The van der Waals surface area contributed by atoms with E-state index in [0.717, 1.165) is 40.8 Å². The highest BCUT2D eigenvalue weighted by Gasteiger charge is 2.27. The molecule has 1 fully saturated rings. The summed E-state index contributed by atoms with van der Waals surface area (Å²) in [6.45, 7) is 6.48. The molecule has 1 amide bonds. The van der Waals surface area contributed by atoms with Crippen molar-refractivity contribution in [3.05, 3.63) is 40.9 Å². The quantitative estimate of drug-likeness (QED) is 0.877. The number of hydrogen-bond donors (Lipinski definition) is 1. The predicted octanol–water partition coefficient (Wildman–Crippen LogP) is 3.40. The van der Waals surface area contributed by atoms with Crippen molar-refractivity contribution in [2.45, 2.75) is 19.9 Å². The molecule has 1 atom stereocenters. The summed E-state index contributed by atoms with van der Waals surface area (Å²) >= 11 is 1.49. The second kappa shape index (κ2) is 8.64. The van der Waals surface area contributed by atoms with Gasteiger partial charge in [-0.25, -0.2) is 4.98 Å². The van der Waals surface area contributed by atoms with E-state index in [1.807, 2.05) is 42.2 Å². The van der Waals surface area contributed by atoms with Crippen molar-refractivity contribution in [1.82, 2.24) is 15.2 Å². The largest absolute Gasteiger partial charge is 0.333 e. The first kappa shape index (κ1) is 19.9. The van der Waals surface area contributed by atoms with Gasteiger partial charge < -0.3 is 10.2 Å². The molecule has 2 aromatic rings. The topological polar surface area (TPSA) is 45.2 Å². The van der Waals surface area contributed by atoms with E-state index in [2.05, 4.69) is 17.2 Å². The number of benzene rings is 1. The van der Waals surface area contributed by atoms with Gasteiger partial charge in [0.15, 0.2) is 0 Å². The summed E-state index contributed by atoms with van der Waals surface area (Å²) in [7, 11) is 0. The van der Waals surface area contributed by atoms with E-state index in [-0.39, 0.29) is 36.8 Å². The summed E-state index contributed by atoms with van der Waals surface area (Å²) in [4.78, 5) is 20.0. The molecule has 0 radical (unpaired) electrons. The Morgan fingerprint density at radius 3 is 2.65 bits per heavy atom. The van der Waals surface area contributed by atoms with E-state index in [9.17, 15) is 4.79 Å². The van der Waals surface area contributed by atoms with Crippen molar-refractivity contribution < 1.29 is 4.79 Å². The summed E-state index contributed by atoms with van der Waals surface area (Å²) in [6.07, 6.45) is 0. The van der Waals surface area contributed by atoms with Gasteiger partial charge in [0, 0.05) is 31.2 Å². The van der Waals surface area contributed by atoms with Crippen molar-refractivity contribution >= 4 is 42.1 Å². The number of aryl methyl sites for hydroxylation is 1. The number of nitrogens with one attached hydrogen (secondary N) is 1. The average molecular weight is 374 g/mol. The zero-order valence-corrected chi connectivity index (χ0v) is 15.6. The van der Waals surface area contributed by atoms with Gasteiger partial charge in [0.05, 0.1) is 5.69 Å². The average Bonchev–Trinajstić information content (AvgIpc) is 2.90. The number of aromatic nitrogens is 1. The standard InChI is InChI=1S/C16H19N3OS.2ClH/c1-11-10-17-8-9-19(11)16(20)14-12(2)18-15(21-14)13-6-4-3-5-7-13;;/h3-7,11,17H,8-10H2,1-2H3;2*1H/t11-;;/m1../s1. The Kier molecular flexibility index (Phi) is 7.48. The minimum absolute atomic E-state index is 0. The highest BCUT2D eigenvalue weighted by Crippen LogP contribution is 2.29. The van der Waals surface area contributed by atoms with Crippen LogP contribution in [0.2, 0.25) is 0 Å². The van der Waals surface area contributed by atoms with E-state index < -0.39 is 0 Å². The van der Waals surface area contributed by atoms with E-state index in [1.54, 1.807) is 0 Å². The SMILES string of the molecule is Cc1nc(-c2ccccc2)sc1C(=O)N1CCNC[C@H]1C.Cl.Cl. The van der Waals surface area contributed by atoms with E-state index in [0.29, 0.717) is 0 Å². The van der Waals surface area contributed by atoms with Crippen LogP contribution >= 0.6 is 36.2 Å². The smallest absolute Gasteiger partial charge is 0.266 e. The third-order valence-electron chi connectivity index (χ3n) is 3.77. The van der Waals surface area contributed by atoms with Crippen LogP contribution in [0.3, 0.4) is 0 Å². The molecule has 0 aliphatic carbocycles. The van der Waals surface area contributed by atoms with Crippen LogP contribution in [0, 0.1) is 6.92 Å². The minimum atomic E-state index is 0. The maximum Gasteiger partial charge on any atom is 0.266 e. The van der Waals surface area contributed by atoms with Gasteiger partial charge in [-0.1, -0.05) is 30.3 Å². The fraction of sp³-hybridized carbons (Fsp3) is 0.375. The molecule has 0 saturated carbocycles. The summed E-state index contributed by atoms with van der Waals surface area (Å²) < 4.78 is 0. The number of nitrogens with zero attached hydrogens (tertiary/aromatic N) is 2. The highest BCUT2D eigenvalue weighted by atomic mass is 35.5. The predicted molar refractivity (Wildman–Crippen MR) is 100 cm³/mol. The maximum atomic E-state index is 12.7. The van der Waals surface area contributed by atoms with Crippen LogP contribution in [0.5, 0.6) is 0 Å². The normalized spacial score (nSPS) is 17.1. The van der Waals surface area contributed by atoms with E-state index >= 15 is 0 Å². The molecule has 2 heterocycles. The fourth-order valence-electron chi connectivity index (χ4n) is 2.57. The molecular formula is C16H21Cl2N3OS. The molecule has 0 bridgehead atoms. The molecule has 23 heavy (non-hydrogen) atoms. The molecule has 126 valence electrons. The molecule has 1 aliphatic rings. The van der Waals surface area contributed by atoms with Crippen LogP contribution in [0.1, 0.15) is 22.3 Å². The van der Waals surface area contributed by atoms with Crippen LogP contribution in [0.25, 0.3) is 10.6 Å². The first-order chi connectivity index (χ1) is 10.2. The monoisotopic (exact) mass is 373 g/mol. The molecular weight excluding hydrogens is 353 g/mol. The number of halogens is 2. The van der Waals surface area contributed by atoms with Crippen molar-refractivity contribution in [2.75, 3.05) is 19.6 Å². The van der Waals surface area contributed by atoms with Gasteiger partial charge in [0.1, 0.15) is 9.88 Å². The number of amides is 1. The van der Waals surface area contributed by atoms with Gasteiger partial charge in [0.2, 0.25) is 0 Å². The summed E-state index contributed by atoms with van der Waals surface area (Å²) in [5.74, 6) is 0.112. The van der Waals surface area contributed by atoms with Gasteiger partial charge in [-0.05, 0) is 13.8 Å². The highest BCUT2D eigenvalue weighted by molar-refractivity contribution is 7.17. The van der Waals surface area contributed by atoms with Crippen LogP contribution < -0.4 is 5.32 Å². The van der Waals surface area contributed by atoms with Crippen LogP contribution in [-0.2, 0) is 0 Å². The second-order valence-electron chi connectivity index (χ2n) is 5.35. The van der Waals surface area contributed by atoms with Crippen LogP contribution in [0.4, 0.5) is 0 Å². The molecule has 0 unspecified atom stereocenters. The third kappa shape index (κ3) is 4.23. The Balaban J connectivity index is 0.00000132. The van der Waals surface area contributed by atoms with Gasteiger partial charge in [-0.3, -0.25) is 4.79 Å². The second-order valence-corrected chi connectivity index (χ2v) is 6.35. The Bertz CT molecular complexity index is 648. The number of carbonyl (C=O) groups excluding carboxylic acids is 1. The minimum Gasteiger partial charge on any atom is -0.333 e. The Labute approximate surface area is 153 Å². The van der Waals surface area contributed by atoms with Gasteiger partial charge >= 0.3 is 0 Å². The van der Waals surface area contributed by atoms with Crippen molar-refractivity contribution in [1.29, 1.82) is 0 Å². The first-order valence-corrected chi connectivity index (χ1v) is 8.03. The summed E-state index contributed by atoms with van der Waals surface area (Å²) in [5.41, 5.74) is 1.90. The Morgan fingerprint density at radius 1 is 1.30 bits per heavy atom. The van der Waals surface area contributed by atoms with Crippen LogP contribution in [0.15, 0.2) is 30.3 Å². The molecule has 1 saturated heterocycles. The number of hydrogen-bond acceptors (Lipinski definition) is 4. The lowest BCUT2D eigenvalue weighted by Crippen LogP contribution is -2.52. The van der Waals surface area contributed by atoms with Crippen molar-refractivity contribution in [3.8, 4) is 10.6 Å². The van der Waals surface area contributed by atoms with Crippen molar-refractivity contribution in [2.24, 2.45) is 0 Å². The number of carbonyl (C=O) groups is 1. The lowest BCUT2D eigenvalue weighted by Gasteiger charge is -2.33. The lowest BCUT2D eigenvalue weighted by molar-refractivity contribution is 0.0660. The molecule has 1 aromatic heterocycles. The molecule has 0 spiro atoms. The van der Waals surface area contributed by atoms with E-state index in [1.165, 1.54) is 11.3 Å². The molecule has 4 nitrogen and oxygen atoms in total.